The first-order valence-corrected chi connectivity index (χ1v) is 10.0. The van der Waals surface area contributed by atoms with Crippen molar-refractivity contribution in [2.75, 3.05) is 31.8 Å². The number of nitrogens with zero attached hydrogens (tertiary/aromatic N) is 1. The van der Waals surface area contributed by atoms with Gasteiger partial charge >= 0.3 is 5.97 Å². The van der Waals surface area contributed by atoms with Gasteiger partial charge in [0.15, 0.2) is 5.11 Å². The summed E-state index contributed by atoms with van der Waals surface area (Å²) >= 11 is 6.66. The van der Waals surface area contributed by atoms with Gasteiger partial charge in [-0.3, -0.25) is 4.79 Å². The molecule has 0 fully saturated rings. The number of rotatable bonds is 5. The zero-order valence-electron chi connectivity index (χ0n) is 16.9. The molecule has 0 spiro atoms. The molecule has 2 N–H and O–H groups in total. The number of nitrogens with one attached hydrogen (secondary N) is 2. The van der Waals surface area contributed by atoms with Crippen molar-refractivity contribution in [1.29, 1.82) is 0 Å². The molecule has 0 atom stereocenters. The lowest BCUT2D eigenvalue weighted by atomic mass is 10.1. The zero-order chi connectivity index (χ0) is 21.0. The Morgan fingerprint density at radius 1 is 1.21 bits per heavy atom. The lowest BCUT2D eigenvalue weighted by molar-refractivity contribution is 0.0601. The number of para-hydroxylation sites is 1. The summed E-state index contributed by atoms with van der Waals surface area (Å²) < 4.78 is 4.91. The van der Waals surface area contributed by atoms with E-state index in [-0.39, 0.29) is 5.91 Å². The van der Waals surface area contributed by atoms with Crippen LogP contribution in [0.4, 0.5) is 10.7 Å². The number of ether oxygens (including phenoxy) is 1. The van der Waals surface area contributed by atoms with Crippen LogP contribution in [0.3, 0.4) is 0 Å². The molecule has 1 aromatic carbocycles. The van der Waals surface area contributed by atoms with E-state index in [0.717, 1.165) is 23.2 Å². The fourth-order valence-corrected chi connectivity index (χ4v) is 4.30. The number of aryl methyl sites for hydroxylation is 2. The van der Waals surface area contributed by atoms with Crippen LogP contribution in [0.25, 0.3) is 0 Å². The average molecular weight is 420 g/mol. The number of amides is 1. The number of methoxy groups -OCH3 is 1. The fourth-order valence-electron chi connectivity index (χ4n) is 2.81. The highest BCUT2D eigenvalue weighted by atomic mass is 32.1. The van der Waals surface area contributed by atoms with Gasteiger partial charge in [0.25, 0.3) is 5.91 Å². The minimum Gasteiger partial charge on any atom is -0.465 e. The van der Waals surface area contributed by atoms with Crippen LogP contribution in [-0.4, -0.2) is 43.1 Å². The van der Waals surface area contributed by atoms with Crippen molar-refractivity contribution in [2.45, 2.75) is 27.2 Å². The molecule has 0 unspecified atom stereocenters. The van der Waals surface area contributed by atoms with Crippen molar-refractivity contribution in [3.8, 4) is 0 Å². The summed E-state index contributed by atoms with van der Waals surface area (Å²) in [6, 6.07) is 6.06. The summed E-state index contributed by atoms with van der Waals surface area (Å²) in [5.41, 5.74) is 4.05. The number of hydrogen-bond acceptors (Lipinski definition) is 5. The van der Waals surface area contributed by atoms with Crippen LogP contribution < -0.4 is 10.6 Å². The summed E-state index contributed by atoms with van der Waals surface area (Å²) in [6.45, 7) is 5.82. The largest absolute Gasteiger partial charge is 0.465 e. The third-order valence-electron chi connectivity index (χ3n) is 4.34. The first kappa shape index (κ1) is 21.8. The predicted molar refractivity (Wildman–Crippen MR) is 119 cm³/mol. The number of benzene rings is 1. The molecular formula is C20H25N3O3S2. The highest BCUT2D eigenvalue weighted by Gasteiger charge is 2.26. The molecule has 0 aliphatic heterocycles. The second-order valence-electron chi connectivity index (χ2n) is 6.49. The van der Waals surface area contributed by atoms with Crippen LogP contribution in [0.1, 0.15) is 43.6 Å². The molecule has 0 bridgehead atoms. The average Bonchev–Trinajstić information content (AvgIpc) is 2.97. The van der Waals surface area contributed by atoms with Gasteiger partial charge in [-0.05, 0) is 49.2 Å². The Morgan fingerprint density at radius 2 is 1.89 bits per heavy atom. The van der Waals surface area contributed by atoms with Gasteiger partial charge in [0, 0.05) is 19.8 Å². The van der Waals surface area contributed by atoms with E-state index in [9.17, 15) is 9.59 Å². The molecule has 2 aromatic rings. The maximum atomic E-state index is 12.5. The maximum Gasteiger partial charge on any atom is 0.341 e. The van der Waals surface area contributed by atoms with Crippen molar-refractivity contribution in [2.24, 2.45) is 0 Å². The van der Waals surface area contributed by atoms with Crippen molar-refractivity contribution in [3.63, 3.8) is 0 Å². The van der Waals surface area contributed by atoms with Crippen molar-refractivity contribution < 1.29 is 14.3 Å². The number of carbonyl (C=O) groups is 2. The molecule has 150 valence electrons. The van der Waals surface area contributed by atoms with Gasteiger partial charge in [0.2, 0.25) is 0 Å². The summed E-state index contributed by atoms with van der Waals surface area (Å²) in [7, 11) is 4.65. The lowest BCUT2D eigenvalue weighted by Gasteiger charge is -2.15. The molecular weight excluding hydrogens is 394 g/mol. The number of thiophene rings is 1. The quantitative estimate of drug-likeness (QED) is 0.558. The Morgan fingerprint density at radius 3 is 2.46 bits per heavy atom. The first-order chi connectivity index (χ1) is 13.2. The molecule has 1 aromatic heterocycles. The summed E-state index contributed by atoms with van der Waals surface area (Å²) in [6.07, 6.45) is 0.861. The summed E-state index contributed by atoms with van der Waals surface area (Å²) in [5.74, 6) is -0.686. The van der Waals surface area contributed by atoms with Crippen LogP contribution >= 0.6 is 23.6 Å². The molecule has 8 heteroatoms. The predicted octanol–water partition coefficient (Wildman–Crippen LogP) is 4.22. The van der Waals surface area contributed by atoms with E-state index in [1.165, 1.54) is 23.3 Å². The Bertz CT molecular complexity index is 920. The highest BCUT2D eigenvalue weighted by molar-refractivity contribution is 7.80. The minimum atomic E-state index is -0.512. The van der Waals surface area contributed by atoms with Gasteiger partial charge < -0.3 is 20.3 Å². The monoisotopic (exact) mass is 419 g/mol. The summed E-state index contributed by atoms with van der Waals surface area (Å²) in [5, 5.41) is 7.13. The topological polar surface area (TPSA) is 70.7 Å². The van der Waals surface area contributed by atoms with Crippen molar-refractivity contribution >= 4 is 51.2 Å². The van der Waals surface area contributed by atoms with Crippen LogP contribution in [0.5, 0.6) is 0 Å². The van der Waals surface area contributed by atoms with E-state index in [2.05, 4.69) is 17.6 Å². The molecule has 2 rings (SSSR count). The molecule has 28 heavy (non-hydrogen) atoms. The molecule has 0 aliphatic rings. The second-order valence-corrected chi connectivity index (χ2v) is 7.92. The molecule has 0 saturated heterocycles. The molecule has 0 aliphatic carbocycles. The lowest BCUT2D eigenvalue weighted by Crippen LogP contribution is -2.21. The van der Waals surface area contributed by atoms with Crippen molar-refractivity contribution in [3.05, 3.63) is 45.3 Å². The van der Waals surface area contributed by atoms with E-state index in [0.29, 0.717) is 26.1 Å². The Labute approximate surface area is 174 Å². The second kappa shape index (κ2) is 9.16. The van der Waals surface area contributed by atoms with Crippen molar-refractivity contribution in [1.82, 2.24) is 4.90 Å². The highest BCUT2D eigenvalue weighted by Crippen LogP contribution is 2.34. The molecule has 6 nitrogen and oxygen atoms in total. The Balaban J connectivity index is 2.37. The normalized spacial score (nSPS) is 10.4. The summed E-state index contributed by atoms with van der Waals surface area (Å²) in [4.78, 5) is 26.7. The number of anilines is 2. The molecule has 0 saturated carbocycles. The van der Waals surface area contributed by atoms with E-state index in [1.807, 2.05) is 25.1 Å². The smallest absolute Gasteiger partial charge is 0.341 e. The maximum absolute atomic E-state index is 12.5. The van der Waals surface area contributed by atoms with Crippen LogP contribution in [0.2, 0.25) is 0 Å². The minimum absolute atomic E-state index is 0.174. The number of thiocarbonyl (C=S) groups is 1. The molecule has 0 radical (unpaired) electrons. The van der Waals surface area contributed by atoms with Crippen LogP contribution in [-0.2, 0) is 11.2 Å². The fraction of sp³-hybridized carbons (Fsp3) is 0.350. The zero-order valence-corrected chi connectivity index (χ0v) is 18.6. The Hall–Kier alpha value is -2.45. The van der Waals surface area contributed by atoms with Gasteiger partial charge in [-0.2, -0.15) is 0 Å². The van der Waals surface area contributed by atoms with E-state index >= 15 is 0 Å². The van der Waals surface area contributed by atoms with E-state index in [1.54, 1.807) is 21.0 Å². The van der Waals surface area contributed by atoms with Gasteiger partial charge in [-0.1, -0.05) is 25.1 Å². The van der Waals surface area contributed by atoms with Crippen LogP contribution in [0, 0.1) is 13.8 Å². The van der Waals surface area contributed by atoms with Gasteiger partial charge in [0.1, 0.15) is 5.00 Å². The number of hydrogen-bond donors (Lipinski definition) is 2. The molecule has 1 amide bonds. The third kappa shape index (κ3) is 4.51. The van der Waals surface area contributed by atoms with E-state index in [4.69, 9.17) is 17.0 Å². The number of carbonyl (C=O) groups excluding carboxylic acids is 2. The first-order valence-electron chi connectivity index (χ1n) is 8.81. The molecule has 1 heterocycles. The van der Waals surface area contributed by atoms with Gasteiger partial charge in [0.05, 0.1) is 17.6 Å². The standard InChI is InChI=1S/C20H25N3O3S2/c1-7-13-10-8-9-11(2)15(13)21-20(27)22-17-14(19(25)26-6)12(3)16(28-17)18(24)23(4)5/h8-10H,7H2,1-6H3,(H2,21,22,27). The van der Waals surface area contributed by atoms with E-state index < -0.39 is 5.97 Å². The SMILES string of the molecule is CCc1cccc(C)c1NC(=S)Nc1sc(C(=O)N(C)C)c(C)c1C(=O)OC. The number of esters is 1. The Kier molecular flexibility index (Phi) is 7.15. The van der Waals surface area contributed by atoms with Gasteiger partial charge in [-0.25, -0.2) is 4.79 Å². The van der Waals surface area contributed by atoms with Crippen LogP contribution in [0.15, 0.2) is 18.2 Å². The third-order valence-corrected chi connectivity index (χ3v) is 5.74. The van der Waals surface area contributed by atoms with Gasteiger partial charge in [-0.15, -0.1) is 11.3 Å².